The Labute approximate surface area is 161 Å². The summed E-state index contributed by atoms with van der Waals surface area (Å²) in [6.07, 6.45) is 3.20. The van der Waals surface area contributed by atoms with Gasteiger partial charge in [0.15, 0.2) is 5.78 Å². The molecule has 0 amide bonds. The van der Waals surface area contributed by atoms with Crippen LogP contribution in [0, 0.1) is 0 Å². The number of halogens is 1. The first-order chi connectivity index (χ1) is 12.5. The van der Waals surface area contributed by atoms with Gasteiger partial charge >= 0.3 is 5.97 Å². The molecular formula is C20H29ClO5. The average Bonchev–Trinajstić information content (AvgIpc) is 2.60. The largest absolute Gasteiger partial charge is 0.493 e. The molecular weight excluding hydrogens is 356 g/mol. The van der Waals surface area contributed by atoms with E-state index in [1.807, 2.05) is 6.07 Å². The van der Waals surface area contributed by atoms with Crippen molar-refractivity contribution in [2.24, 2.45) is 0 Å². The molecule has 0 atom stereocenters. The summed E-state index contributed by atoms with van der Waals surface area (Å²) < 4.78 is 16.7. The fraction of sp³-hybridized carbons (Fsp3) is 0.600. The molecule has 1 aromatic rings. The highest BCUT2D eigenvalue weighted by Crippen LogP contribution is 2.34. The Kier molecular flexibility index (Phi) is 10.8. The predicted molar refractivity (Wildman–Crippen MR) is 103 cm³/mol. The van der Waals surface area contributed by atoms with Crippen molar-refractivity contribution in [1.29, 1.82) is 0 Å². The van der Waals surface area contributed by atoms with Crippen LogP contribution in [0.2, 0.25) is 0 Å². The van der Waals surface area contributed by atoms with Gasteiger partial charge in [0.05, 0.1) is 25.4 Å². The third-order valence-corrected chi connectivity index (χ3v) is 3.98. The molecule has 0 N–H and O–H groups in total. The van der Waals surface area contributed by atoms with Gasteiger partial charge in [0.1, 0.15) is 11.5 Å². The fourth-order valence-electron chi connectivity index (χ4n) is 2.53. The molecule has 0 bridgehead atoms. The highest BCUT2D eigenvalue weighted by molar-refractivity contribution is 6.17. The van der Waals surface area contributed by atoms with Crippen molar-refractivity contribution in [3.8, 4) is 11.5 Å². The van der Waals surface area contributed by atoms with Crippen molar-refractivity contribution in [3.05, 3.63) is 23.3 Å². The third-order valence-electron chi connectivity index (χ3n) is 3.71. The summed E-state index contributed by atoms with van der Waals surface area (Å²) >= 11 is 5.71. The topological polar surface area (TPSA) is 61.8 Å². The molecule has 0 unspecified atom stereocenters. The van der Waals surface area contributed by atoms with Crippen LogP contribution in [-0.2, 0) is 16.0 Å². The molecule has 0 saturated heterocycles. The second-order valence-electron chi connectivity index (χ2n) is 5.87. The smallest absolute Gasteiger partial charge is 0.305 e. The van der Waals surface area contributed by atoms with Crippen molar-refractivity contribution >= 4 is 23.4 Å². The highest BCUT2D eigenvalue weighted by atomic mass is 35.5. The molecule has 0 aliphatic carbocycles. The molecule has 26 heavy (non-hydrogen) atoms. The van der Waals surface area contributed by atoms with E-state index in [0.29, 0.717) is 43.4 Å². The van der Waals surface area contributed by atoms with Crippen molar-refractivity contribution in [2.45, 2.75) is 52.9 Å². The Morgan fingerprint density at radius 2 is 1.81 bits per heavy atom. The number of carbonyl (C=O) groups excluding carboxylic acids is 2. The predicted octanol–water partition coefficient (Wildman–Crippen LogP) is 4.57. The number of hydrogen-bond donors (Lipinski definition) is 0. The lowest BCUT2D eigenvalue weighted by Gasteiger charge is -2.18. The summed E-state index contributed by atoms with van der Waals surface area (Å²) in [7, 11) is 0. The monoisotopic (exact) mass is 384 g/mol. The minimum Gasteiger partial charge on any atom is -0.493 e. The molecule has 1 aromatic carbocycles. The van der Waals surface area contributed by atoms with Crippen LogP contribution < -0.4 is 9.47 Å². The van der Waals surface area contributed by atoms with Crippen molar-refractivity contribution in [1.82, 2.24) is 0 Å². The van der Waals surface area contributed by atoms with E-state index in [2.05, 4.69) is 6.92 Å². The van der Waals surface area contributed by atoms with E-state index in [0.717, 1.165) is 30.6 Å². The maximum Gasteiger partial charge on any atom is 0.305 e. The van der Waals surface area contributed by atoms with Crippen molar-refractivity contribution < 1.29 is 23.8 Å². The van der Waals surface area contributed by atoms with Crippen LogP contribution in [0.25, 0.3) is 0 Å². The molecule has 0 aliphatic heterocycles. The number of hydrogen-bond acceptors (Lipinski definition) is 5. The van der Waals surface area contributed by atoms with Crippen LogP contribution in [0.3, 0.4) is 0 Å². The Bertz CT molecular complexity index is 586. The molecule has 0 radical (unpaired) electrons. The first-order valence-electron chi connectivity index (χ1n) is 9.19. The van der Waals surface area contributed by atoms with Crippen LogP contribution in [0.1, 0.15) is 62.4 Å². The summed E-state index contributed by atoms with van der Waals surface area (Å²) in [4.78, 5) is 23.4. The molecule has 0 saturated carbocycles. The Balaban J connectivity index is 2.93. The van der Waals surface area contributed by atoms with Gasteiger partial charge in [-0.3, -0.25) is 9.59 Å². The number of carbonyl (C=O) groups is 2. The normalized spacial score (nSPS) is 10.5. The number of ketones is 1. The zero-order valence-electron chi connectivity index (χ0n) is 15.9. The Hall–Kier alpha value is -1.75. The van der Waals surface area contributed by atoms with Gasteiger partial charge in [0, 0.05) is 17.9 Å². The van der Waals surface area contributed by atoms with E-state index in [1.165, 1.54) is 6.92 Å². The number of benzene rings is 1. The maximum absolute atomic E-state index is 12.0. The molecule has 0 spiro atoms. The molecule has 0 fully saturated rings. The lowest BCUT2D eigenvalue weighted by molar-refractivity contribution is -0.143. The molecule has 0 heterocycles. The van der Waals surface area contributed by atoms with Crippen molar-refractivity contribution in [2.75, 3.05) is 25.7 Å². The van der Waals surface area contributed by atoms with E-state index >= 15 is 0 Å². The minimum atomic E-state index is -0.241. The Morgan fingerprint density at radius 3 is 2.42 bits per heavy atom. The number of alkyl halides is 1. The van der Waals surface area contributed by atoms with Gasteiger partial charge in [-0.1, -0.05) is 13.3 Å². The summed E-state index contributed by atoms with van der Waals surface area (Å²) in [5.41, 5.74) is 1.43. The van der Waals surface area contributed by atoms with Crippen LogP contribution in [-0.4, -0.2) is 37.5 Å². The second-order valence-corrected chi connectivity index (χ2v) is 6.25. The fourth-order valence-corrected chi connectivity index (χ4v) is 2.64. The van der Waals surface area contributed by atoms with Gasteiger partial charge in [0.25, 0.3) is 0 Å². The van der Waals surface area contributed by atoms with Crippen LogP contribution >= 0.6 is 11.6 Å². The van der Waals surface area contributed by atoms with E-state index < -0.39 is 0 Å². The molecule has 146 valence electrons. The zero-order chi connectivity index (χ0) is 19.4. The lowest BCUT2D eigenvalue weighted by Crippen LogP contribution is -2.11. The average molecular weight is 385 g/mol. The number of esters is 1. The van der Waals surface area contributed by atoms with Gasteiger partial charge in [-0.15, -0.1) is 11.6 Å². The summed E-state index contributed by atoms with van der Waals surface area (Å²) in [6.45, 7) is 6.58. The SMILES string of the molecule is CCCc1c(OCCCCl)ccc(C(C)=O)c1OCCCC(=O)OCC. The maximum atomic E-state index is 12.0. The van der Waals surface area contributed by atoms with Gasteiger partial charge in [-0.2, -0.15) is 0 Å². The van der Waals surface area contributed by atoms with E-state index in [9.17, 15) is 9.59 Å². The van der Waals surface area contributed by atoms with Crippen LogP contribution in [0.4, 0.5) is 0 Å². The van der Waals surface area contributed by atoms with Gasteiger partial charge in [0.2, 0.25) is 0 Å². The first-order valence-corrected chi connectivity index (χ1v) is 9.72. The molecule has 0 aliphatic rings. The highest BCUT2D eigenvalue weighted by Gasteiger charge is 2.18. The van der Waals surface area contributed by atoms with Gasteiger partial charge < -0.3 is 14.2 Å². The lowest BCUT2D eigenvalue weighted by atomic mass is 10.0. The van der Waals surface area contributed by atoms with E-state index in [1.54, 1.807) is 13.0 Å². The molecule has 0 aromatic heterocycles. The summed E-state index contributed by atoms with van der Waals surface area (Å²) in [5.74, 6) is 1.52. The molecule has 6 heteroatoms. The third kappa shape index (κ3) is 7.24. The number of ether oxygens (including phenoxy) is 3. The van der Waals surface area contributed by atoms with E-state index in [4.69, 9.17) is 25.8 Å². The molecule has 5 nitrogen and oxygen atoms in total. The quantitative estimate of drug-likeness (QED) is 0.216. The Morgan fingerprint density at radius 1 is 1.08 bits per heavy atom. The standard InChI is InChI=1S/C20H29ClO5/c1-4-8-17-18(25-14-7-12-21)11-10-16(15(3)22)20(17)26-13-6-9-19(23)24-5-2/h10-11H,4-9,12-14H2,1-3H3. The number of rotatable bonds is 13. The van der Waals surface area contributed by atoms with Gasteiger partial charge in [-0.05, 0) is 45.2 Å². The number of Topliss-reactive ketones (excluding diaryl/α,β-unsaturated/α-hetero) is 1. The second kappa shape index (κ2) is 12.6. The first kappa shape index (κ1) is 22.3. The van der Waals surface area contributed by atoms with E-state index in [-0.39, 0.29) is 18.2 Å². The zero-order valence-corrected chi connectivity index (χ0v) is 16.7. The van der Waals surface area contributed by atoms with Gasteiger partial charge in [-0.25, -0.2) is 0 Å². The summed E-state index contributed by atoms with van der Waals surface area (Å²) in [6, 6.07) is 3.56. The summed E-state index contributed by atoms with van der Waals surface area (Å²) in [5, 5.41) is 0. The molecule has 1 rings (SSSR count). The van der Waals surface area contributed by atoms with Crippen molar-refractivity contribution in [3.63, 3.8) is 0 Å². The minimum absolute atomic E-state index is 0.0601. The van der Waals surface area contributed by atoms with Crippen LogP contribution in [0.15, 0.2) is 12.1 Å². The van der Waals surface area contributed by atoms with Crippen LogP contribution in [0.5, 0.6) is 11.5 Å².